The maximum absolute atomic E-state index is 6.12. The van der Waals surface area contributed by atoms with Crippen LogP contribution in [-0.2, 0) is 0 Å². The molecule has 1 aromatic carbocycles. The summed E-state index contributed by atoms with van der Waals surface area (Å²) in [5, 5.41) is 9.50. The van der Waals surface area contributed by atoms with E-state index >= 15 is 0 Å². The second kappa shape index (κ2) is 3.43. The van der Waals surface area contributed by atoms with Gasteiger partial charge >= 0.3 is 0 Å². The van der Waals surface area contributed by atoms with Crippen molar-refractivity contribution in [1.82, 2.24) is 14.9 Å². The third-order valence-corrected chi connectivity index (χ3v) is 3.61. The first-order chi connectivity index (χ1) is 7.34. The maximum Gasteiger partial charge on any atom is 0.212 e. The Morgan fingerprint density at radius 3 is 3.07 bits per heavy atom. The lowest BCUT2D eigenvalue weighted by molar-refractivity contribution is 0.787. The summed E-state index contributed by atoms with van der Waals surface area (Å²) in [5.74, 6) is 0. The molecule has 4 nitrogen and oxygen atoms in total. The van der Waals surface area contributed by atoms with Gasteiger partial charge in [-0.2, -0.15) is 0 Å². The molecule has 1 aliphatic rings. The number of nitrogens with one attached hydrogen (secondary N) is 1. The minimum Gasteiger partial charge on any atom is -0.304 e. The Balaban J connectivity index is 1.93. The topological polar surface area (TPSA) is 42.7 Å². The first kappa shape index (κ1) is 9.06. The summed E-state index contributed by atoms with van der Waals surface area (Å²) < 4.78 is 1.80. The molecule has 0 saturated heterocycles. The predicted molar refractivity (Wildman–Crippen MR) is 59.4 cm³/mol. The first-order valence-electron chi connectivity index (χ1n) is 4.42. The lowest BCUT2D eigenvalue weighted by Crippen LogP contribution is -2.11. The van der Waals surface area contributed by atoms with Gasteiger partial charge in [0.25, 0.3) is 0 Å². The first-order valence-corrected chi connectivity index (χ1v) is 5.68. The largest absolute Gasteiger partial charge is 0.304 e. The van der Waals surface area contributed by atoms with Gasteiger partial charge in [0.15, 0.2) is 0 Å². The van der Waals surface area contributed by atoms with E-state index in [2.05, 4.69) is 15.6 Å². The summed E-state index contributed by atoms with van der Waals surface area (Å²) in [5.41, 5.74) is 4.31. The Morgan fingerprint density at radius 1 is 1.40 bits per heavy atom. The molecule has 0 fully saturated rings. The Morgan fingerprint density at radius 2 is 2.27 bits per heavy atom. The number of nitrogens with zero attached hydrogens (tertiary/aromatic N) is 3. The Kier molecular flexibility index (Phi) is 2.07. The van der Waals surface area contributed by atoms with E-state index in [0.717, 1.165) is 15.7 Å². The van der Waals surface area contributed by atoms with Gasteiger partial charge < -0.3 is 5.43 Å². The molecule has 0 amide bonds. The van der Waals surface area contributed by atoms with Gasteiger partial charge in [0.2, 0.25) is 5.16 Å². The fraction of sp³-hybridized carbons (Fsp3) is 0.111. The number of fused-ring (bicyclic) bond motifs is 1. The van der Waals surface area contributed by atoms with Crippen LogP contribution in [0.2, 0.25) is 5.02 Å². The SMILES string of the molecule is Clc1ccccc1C1Nn2cnnc2S1. The Hall–Kier alpha value is -1.20. The maximum atomic E-state index is 6.12. The average Bonchev–Trinajstić information content (AvgIpc) is 2.77. The van der Waals surface area contributed by atoms with Gasteiger partial charge in [-0.1, -0.05) is 41.6 Å². The summed E-state index contributed by atoms with van der Waals surface area (Å²) in [6, 6.07) is 7.79. The number of thioether (sulfide) groups is 1. The second-order valence-corrected chi connectivity index (χ2v) is 4.61. The number of aromatic nitrogens is 3. The van der Waals surface area contributed by atoms with Gasteiger partial charge in [0, 0.05) is 10.6 Å². The van der Waals surface area contributed by atoms with Crippen LogP contribution in [0.1, 0.15) is 10.9 Å². The van der Waals surface area contributed by atoms with Crippen molar-refractivity contribution < 1.29 is 0 Å². The van der Waals surface area contributed by atoms with E-state index in [1.807, 2.05) is 24.3 Å². The van der Waals surface area contributed by atoms with Gasteiger partial charge in [0.05, 0.1) is 0 Å². The smallest absolute Gasteiger partial charge is 0.212 e. The fourth-order valence-corrected chi connectivity index (χ4v) is 2.80. The molecule has 0 bridgehead atoms. The van der Waals surface area contributed by atoms with E-state index in [4.69, 9.17) is 11.6 Å². The van der Waals surface area contributed by atoms with Crippen LogP contribution in [0.15, 0.2) is 35.7 Å². The number of hydrogen-bond donors (Lipinski definition) is 1. The van der Waals surface area contributed by atoms with E-state index in [9.17, 15) is 0 Å². The zero-order valence-corrected chi connectivity index (χ0v) is 9.16. The van der Waals surface area contributed by atoms with Gasteiger partial charge in [-0.25, -0.2) is 4.68 Å². The van der Waals surface area contributed by atoms with Crippen LogP contribution in [0.5, 0.6) is 0 Å². The summed E-state index contributed by atoms with van der Waals surface area (Å²) in [6.07, 6.45) is 1.65. The number of halogens is 1. The van der Waals surface area contributed by atoms with E-state index < -0.39 is 0 Å². The van der Waals surface area contributed by atoms with Gasteiger partial charge in [-0.05, 0) is 6.07 Å². The highest BCUT2D eigenvalue weighted by atomic mass is 35.5. The van der Waals surface area contributed by atoms with Crippen LogP contribution >= 0.6 is 23.4 Å². The summed E-state index contributed by atoms with van der Waals surface area (Å²) in [6.45, 7) is 0. The molecule has 2 heterocycles. The molecule has 3 rings (SSSR count). The van der Waals surface area contributed by atoms with Crippen LogP contribution in [0.25, 0.3) is 0 Å². The lowest BCUT2D eigenvalue weighted by atomic mass is 10.2. The minimum absolute atomic E-state index is 0.115. The monoisotopic (exact) mass is 238 g/mol. The molecular formula is C9H7ClN4S. The molecule has 1 unspecified atom stereocenters. The molecule has 0 radical (unpaired) electrons. The van der Waals surface area contributed by atoms with Crippen molar-refractivity contribution in [3.05, 3.63) is 41.2 Å². The number of hydrogen-bond acceptors (Lipinski definition) is 4. The Labute approximate surface area is 95.6 Å². The van der Waals surface area contributed by atoms with Crippen molar-refractivity contribution in [1.29, 1.82) is 0 Å². The van der Waals surface area contributed by atoms with E-state index in [1.165, 1.54) is 0 Å². The Bertz CT molecular complexity index is 478. The highest BCUT2D eigenvalue weighted by Gasteiger charge is 2.25. The molecule has 1 aliphatic heterocycles. The van der Waals surface area contributed by atoms with Crippen LogP contribution in [0.4, 0.5) is 0 Å². The van der Waals surface area contributed by atoms with Gasteiger partial charge in [-0.15, -0.1) is 10.2 Å². The lowest BCUT2D eigenvalue weighted by Gasteiger charge is -2.11. The molecule has 6 heteroatoms. The van der Waals surface area contributed by atoms with Gasteiger partial charge in [-0.3, -0.25) is 0 Å². The number of rotatable bonds is 1. The number of benzene rings is 1. The van der Waals surface area contributed by atoms with E-state index in [0.29, 0.717) is 0 Å². The summed E-state index contributed by atoms with van der Waals surface area (Å²) in [4.78, 5) is 0. The molecule has 0 spiro atoms. The van der Waals surface area contributed by atoms with Crippen molar-refractivity contribution in [2.45, 2.75) is 10.5 Å². The van der Waals surface area contributed by atoms with Gasteiger partial charge in [0.1, 0.15) is 11.7 Å². The molecule has 1 aromatic heterocycles. The third kappa shape index (κ3) is 1.48. The normalized spacial score (nSPS) is 18.6. The third-order valence-electron chi connectivity index (χ3n) is 2.18. The van der Waals surface area contributed by atoms with Crippen molar-refractivity contribution in [2.75, 3.05) is 5.43 Å². The zero-order valence-electron chi connectivity index (χ0n) is 7.59. The fourth-order valence-electron chi connectivity index (χ4n) is 1.47. The highest BCUT2D eigenvalue weighted by Crippen LogP contribution is 2.39. The molecule has 15 heavy (non-hydrogen) atoms. The average molecular weight is 239 g/mol. The predicted octanol–water partition coefficient (Wildman–Crippen LogP) is 2.28. The molecule has 76 valence electrons. The second-order valence-electron chi connectivity index (χ2n) is 3.13. The van der Waals surface area contributed by atoms with Crippen molar-refractivity contribution in [2.24, 2.45) is 0 Å². The van der Waals surface area contributed by atoms with Crippen molar-refractivity contribution >= 4 is 23.4 Å². The zero-order chi connectivity index (χ0) is 10.3. The van der Waals surface area contributed by atoms with Crippen molar-refractivity contribution in [3.63, 3.8) is 0 Å². The van der Waals surface area contributed by atoms with Crippen LogP contribution < -0.4 is 5.43 Å². The highest BCUT2D eigenvalue weighted by molar-refractivity contribution is 7.99. The molecule has 0 saturated carbocycles. The van der Waals surface area contributed by atoms with Crippen LogP contribution in [0.3, 0.4) is 0 Å². The molecule has 1 N–H and O–H groups in total. The summed E-state index contributed by atoms with van der Waals surface area (Å²) >= 11 is 7.72. The quantitative estimate of drug-likeness (QED) is 0.828. The minimum atomic E-state index is 0.115. The standard InChI is InChI=1S/C9H7ClN4S/c10-7-4-2-1-3-6(7)8-13-14-5-11-12-9(14)15-8/h1-5,8,13H. The summed E-state index contributed by atoms with van der Waals surface area (Å²) in [7, 11) is 0. The molecular weight excluding hydrogens is 232 g/mol. The molecule has 1 atom stereocenters. The van der Waals surface area contributed by atoms with Crippen molar-refractivity contribution in [3.8, 4) is 0 Å². The van der Waals surface area contributed by atoms with Crippen LogP contribution in [-0.4, -0.2) is 14.9 Å². The van der Waals surface area contributed by atoms with E-state index in [1.54, 1.807) is 22.8 Å². The van der Waals surface area contributed by atoms with E-state index in [-0.39, 0.29) is 5.37 Å². The molecule has 0 aliphatic carbocycles. The van der Waals surface area contributed by atoms with Crippen LogP contribution in [0, 0.1) is 0 Å². The molecule has 2 aromatic rings.